The summed E-state index contributed by atoms with van der Waals surface area (Å²) in [4.78, 5) is 4.32. The highest BCUT2D eigenvalue weighted by Gasteiger charge is 2.22. The molecule has 1 fully saturated rings. The zero-order valence-corrected chi connectivity index (χ0v) is 13.7. The summed E-state index contributed by atoms with van der Waals surface area (Å²) in [5.74, 6) is 0.963. The fourth-order valence-corrected chi connectivity index (χ4v) is 3.23. The molecule has 3 rings (SSSR count). The standard InChI is InChI=1S/C19H24N2O2/c1-13-10-17(12-21-19(13)23-2)14-5-7-15(8-6-14)18(22)16-4-3-9-20-11-16/h5-8,10,12,16,18,20,22H,3-4,9,11H2,1-2H3. The van der Waals surface area contributed by atoms with Crippen molar-refractivity contribution in [3.05, 3.63) is 47.7 Å². The average Bonchev–Trinajstić information content (AvgIpc) is 2.62. The van der Waals surface area contributed by atoms with E-state index in [-0.39, 0.29) is 0 Å². The van der Waals surface area contributed by atoms with Gasteiger partial charge in [0, 0.05) is 29.8 Å². The van der Waals surface area contributed by atoms with Crippen molar-refractivity contribution in [1.82, 2.24) is 10.3 Å². The third-order valence-electron chi connectivity index (χ3n) is 4.59. The van der Waals surface area contributed by atoms with E-state index < -0.39 is 6.10 Å². The number of pyridine rings is 1. The van der Waals surface area contributed by atoms with Crippen LogP contribution in [0.1, 0.15) is 30.1 Å². The van der Waals surface area contributed by atoms with Crippen LogP contribution in [0.25, 0.3) is 11.1 Å². The molecule has 1 aromatic heterocycles. The molecule has 2 aromatic rings. The number of ether oxygens (including phenoxy) is 1. The zero-order chi connectivity index (χ0) is 16.2. The van der Waals surface area contributed by atoms with Crippen LogP contribution in [0.15, 0.2) is 36.5 Å². The normalized spacial score (nSPS) is 19.3. The van der Waals surface area contributed by atoms with Gasteiger partial charge in [-0.1, -0.05) is 24.3 Å². The highest BCUT2D eigenvalue weighted by Crippen LogP contribution is 2.29. The zero-order valence-electron chi connectivity index (χ0n) is 13.7. The van der Waals surface area contributed by atoms with Crippen LogP contribution in [0.2, 0.25) is 0 Å². The molecule has 2 N–H and O–H groups in total. The fraction of sp³-hybridized carbons (Fsp3) is 0.421. The molecule has 1 saturated heterocycles. The van der Waals surface area contributed by atoms with Gasteiger partial charge in [0.2, 0.25) is 5.88 Å². The van der Waals surface area contributed by atoms with Crippen molar-refractivity contribution in [2.45, 2.75) is 25.9 Å². The van der Waals surface area contributed by atoms with Crippen molar-refractivity contribution in [1.29, 1.82) is 0 Å². The number of nitrogens with one attached hydrogen (secondary N) is 1. The number of aliphatic hydroxyl groups excluding tert-OH is 1. The molecular formula is C19H24N2O2. The first kappa shape index (κ1) is 16.0. The van der Waals surface area contributed by atoms with Gasteiger partial charge >= 0.3 is 0 Å². The van der Waals surface area contributed by atoms with E-state index in [9.17, 15) is 5.11 Å². The molecule has 0 bridgehead atoms. The molecule has 122 valence electrons. The van der Waals surface area contributed by atoms with Gasteiger partial charge in [0.15, 0.2) is 0 Å². The van der Waals surface area contributed by atoms with Crippen LogP contribution in [-0.2, 0) is 0 Å². The Bertz CT molecular complexity index is 649. The van der Waals surface area contributed by atoms with E-state index >= 15 is 0 Å². The quantitative estimate of drug-likeness (QED) is 0.911. The van der Waals surface area contributed by atoms with E-state index in [1.807, 2.05) is 25.3 Å². The van der Waals surface area contributed by atoms with Gasteiger partial charge in [-0.2, -0.15) is 0 Å². The monoisotopic (exact) mass is 312 g/mol. The van der Waals surface area contributed by atoms with Crippen LogP contribution in [-0.4, -0.2) is 30.3 Å². The fourth-order valence-electron chi connectivity index (χ4n) is 3.23. The first-order valence-corrected chi connectivity index (χ1v) is 8.19. The van der Waals surface area contributed by atoms with Crippen molar-refractivity contribution in [3.8, 4) is 17.0 Å². The number of aliphatic hydroxyl groups is 1. The number of aromatic nitrogens is 1. The average molecular weight is 312 g/mol. The molecule has 4 nitrogen and oxygen atoms in total. The minimum absolute atomic E-state index is 0.305. The lowest BCUT2D eigenvalue weighted by molar-refractivity contribution is 0.0922. The Balaban J connectivity index is 1.77. The Hall–Kier alpha value is -1.91. The second kappa shape index (κ2) is 7.11. The van der Waals surface area contributed by atoms with E-state index in [2.05, 4.69) is 28.5 Å². The number of hydrogen-bond donors (Lipinski definition) is 2. The molecule has 1 aliphatic heterocycles. The summed E-state index contributed by atoms with van der Waals surface area (Å²) in [5.41, 5.74) is 4.16. The largest absolute Gasteiger partial charge is 0.481 e. The number of methoxy groups -OCH3 is 1. The van der Waals surface area contributed by atoms with E-state index in [1.54, 1.807) is 7.11 Å². The van der Waals surface area contributed by atoms with Crippen molar-refractivity contribution >= 4 is 0 Å². The van der Waals surface area contributed by atoms with Gasteiger partial charge in [0.25, 0.3) is 0 Å². The van der Waals surface area contributed by atoms with Gasteiger partial charge in [-0.15, -0.1) is 0 Å². The molecule has 0 amide bonds. The third kappa shape index (κ3) is 3.54. The van der Waals surface area contributed by atoms with Gasteiger partial charge in [-0.05, 0) is 43.5 Å². The first-order chi connectivity index (χ1) is 11.2. The summed E-state index contributed by atoms with van der Waals surface area (Å²) in [6.45, 7) is 3.94. The van der Waals surface area contributed by atoms with Crippen molar-refractivity contribution in [2.75, 3.05) is 20.2 Å². The molecule has 2 heterocycles. The minimum atomic E-state index is -0.396. The summed E-state index contributed by atoms with van der Waals surface area (Å²) in [7, 11) is 1.63. The number of aryl methyl sites for hydroxylation is 1. The highest BCUT2D eigenvalue weighted by atomic mass is 16.5. The van der Waals surface area contributed by atoms with Gasteiger partial charge in [0.1, 0.15) is 0 Å². The predicted molar refractivity (Wildman–Crippen MR) is 91.5 cm³/mol. The smallest absolute Gasteiger partial charge is 0.215 e. The van der Waals surface area contributed by atoms with Gasteiger partial charge in [-0.3, -0.25) is 0 Å². The Morgan fingerprint density at radius 2 is 2.04 bits per heavy atom. The van der Waals surface area contributed by atoms with Crippen molar-refractivity contribution in [2.24, 2.45) is 5.92 Å². The van der Waals surface area contributed by atoms with Gasteiger partial charge in [0.05, 0.1) is 13.2 Å². The number of nitrogens with zero attached hydrogens (tertiary/aromatic N) is 1. The molecular weight excluding hydrogens is 288 g/mol. The summed E-state index contributed by atoms with van der Waals surface area (Å²) in [6, 6.07) is 10.2. The Morgan fingerprint density at radius 3 is 2.65 bits per heavy atom. The van der Waals surface area contributed by atoms with Crippen LogP contribution < -0.4 is 10.1 Å². The molecule has 1 aliphatic rings. The SMILES string of the molecule is COc1ncc(-c2ccc(C(O)C3CCCNC3)cc2)cc1C. The maximum atomic E-state index is 10.6. The number of rotatable bonds is 4. The maximum Gasteiger partial charge on any atom is 0.215 e. The lowest BCUT2D eigenvalue weighted by Crippen LogP contribution is -2.33. The molecule has 0 spiro atoms. The summed E-state index contributed by atoms with van der Waals surface area (Å²) < 4.78 is 5.20. The van der Waals surface area contributed by atoms with Crippen LogP contribution in [0.5, 0.6) is 5.88 Å². The third-order valence-corrected chi connectivity index (χ3v) is 4.59. The van der Waals surface area contributed by atoms with E-state index in [0.717, 1.165) is 48.2 Å². The number of benzene rings is 1. The van der Waals surface area contributed by atoms with Gasteiger partial charge < -0.3 is 15.2 Å². The molecule has 2 unspecified atom stereocenters. The molecule has 0 aliphatic carbocycles. The molecule has 0 radical (unpaired) electrons. The molecule has 2 atom stereocenters. The van der Waals surface area contributed by atoms with Crippen LogP contribution >= 0.6 is 0 Å². The molecule has 1 aromatic carbocycles. The Morgan fingerprint density at radius 1 is 1.26 bits per heavy atom. The Labute approximate surface area is 137 Å². The summed E-state index contributed by atoms with van der Waals surface area (Å²) in [5, 5.41) is 13.9. The number of hydrogen-bond acceptors (Lipinski definition) is 4. The lowest BCUT2D eigenvalue weighted by Gasteiger charge is -2.27. The number of piperidine rings is 1. The Kier molecular flexibility index (Phi) is 4.94. The van der Waals surface area contributed by atoms with Crippen LogP contribution in [0, 0.1) is 12.8 Å². The molecule has 23 heavy (non-hydrogen) atoms. The summed E-state index contributed by atoms with van der Waals surface area (Å²) in [6.07, 6.45) is 3.64. The lowest BCUT2D eigenvalue weighted by atomic mass is 9.89. The van der Waals surface area contributed by atoms with E-state index in [4.69, 9.17) is 4.74 Å². The van der Waals surface area contributed by atoms with E-state index in [1.165, 1.54) is 0 Å². The predicted octanol–water partition coefficient (Wildman–Crippen LogP) is 3.10. The van der Waals surface area contributed by atoms with Gasteiger partial charge in [-0.25, -0.2) is 4.98 Å². The summed E-state index contributed by atoms with van der Waals surface area (Å²) >= 11 is 0. The second-order valence-corrected chi connectivity index (χ2v) is 6.22. The van der Waals surface area contributed by atoms with Crippen LogP contribution in [0.3, 0.4) is 0 Å². The van der Waals surface area contributed by atoms with E-state index in [0.29, 0.717) is 11.8 Å². The van der Waals surface area contributed by atoms with Crippen LogP contribution in [0.4, 0.5) is 0 Å². The second-order valence-electron chi connectivity index (χ2n) is 6.22. The topological polar surface area (TPSA) is 54.4 Å². The first-order valence-electron chi connectivity index (χ1n) is 8.19. The van der Waals surface area contributed by atoms with Crippen molar-refractivity contribution in [3.63, 3.8) is 0 Å². The van der Waals surface area contributed by atoms with Crippen molar-refractivity contribution < 1.29 is 9.84 Å². The minimum Gasteiger partial charge on any atom is -0.481 e. The molecule has 0 saturated carbocycles. The molecule has 4 heteroatoms. The highest BCUT2D eigenvalue weighted by molar-refractivity contribution is 5.64. The maximum absolute atomic E-state index is 10.6.